The van der Waals surface area contributed by atoms with Gasteiger partial charge in [-0.25, -0.2) is 9.97 Å². The molecule has 1 fully saturated rings. The molecule has 5 nitrogen and oxygen atoms in total. The Labute approximate surface area is 116 Å². The lowest BCUT2D eigenvalue weighted by Gasteiger charge is -2.22. The van der Waals surface area contributed by atoms with Crippen LogP contribution in [-0.4, -0.2) is 54.6 Å². The number of hydrogen-bond acceptors (Lipinski definition) is 5. The third kappa shape index (κ3) is 3.80. The van der Waals surface area contributed by atoms with Gasteiger partial charge in [0.2, 0.25) is 0 Å². The Hall–Kier alpha value is -1.36. The fraction of sp³-hybridized carbons (Fsp3) is 0.714. The predicted molar refractivity (Wildman–Crippen MR) is 79.9 cm³/mol. The molecule has 2 heterocycles. The third-order valence-electron chi connectivity index (χ3n) is 3.48. The van der Waals surface area contributed by atoms with Crippen molar-refractivity contribution in [1.29, 1.82) is 0 Å². The van der Waals surface area contributed by atoms with E-state index in [0.717, 1.165) is 50.1 Å². The van der Waals surface area contributed by atoms with E-state index in [4.69, 9.17) is 0 Å². The van der Waals surface area contributed by atoms with Gasteiger partial charge in [0.05, 0.1) is 0 Å². The summed E-state index contributed by atoms with van der Waals surface area (Å²) in [7, 11) is 2.19. The van der Waals surface area contributed by atoms with Gasteiger partial charge in [-0.1, -0.05) is 6.92 Å². The van der Waals surface area contributed by atoms with Gasteiger partial charge in [-0.3, -0.25) is 0 Å². The monoisotopic (exact) mass is 263 g/mol. The van der Waals surface area contributed by atoms with Gasteiger partial charge in [0.1, 0.15) is 17.5 Å². The summed E-state index contributed by atoms with van der Waals surface area (Å²) in [5, 5.41) is 3.30. The van der Waals surface area contributed by atoms with E-state index in [1.165, 1.54) is 13.0 Å². The van der Waals surface area contributed by atoms with Gasteiger partial charge >= 0.3 is 0 Å². The Balaban J connectivity index is 2.19. The Morgan fingerprint density at radius 3 is 2.74 bits per heavy atom. The first-order valence-corrected chi connectivity index (χ1v) is 7.28. The summed E-state index contributed by atoms with van der Waals surface area (Å²) in [5.74, 6) is 2.94. The van der Waals surface area contributed by atoms with Crippen LogP contribution in [0.1, 0.15) is 26.1 Å². The first-order chi connectivity index (χ1) is 9.22. The largest absolute Gasteiger partial charge is 0.370 e. The Bertz CT molecular complexity index is 407. The summed E-state index contributed by atoms with van der Waals surface area (Å²) in [4.78, 5) is 14.0. The van der Waals surface area contributed by atoms with Crippen LogP contribution >= 0.6 is 0 Å². The lowest BCUT2D eigenvalue weighted by atomic mass is 10.3. The Morgan fingerprint density at radius 1 is 1.16 bits per heavy atom. The second-order valence-corrected chi connectivity index (χ2v) is 5.06. The first kappa shape index (κ1) is 14.1. The molecule has 1 N–H and O–H groups in total. The summed E-state index contributed by atoms with van der Waals surface area (Å²) >= 11 is 0. The van der Waals surface area contributed by atoms with Crippen LogP contribution in [0.4, 0.5) is 11.6 Å². The zero-order chi connectivity index (χ0) is 13.7. The van der Waals surface area contributed by atoms with Gasteiger partial charge < -0.3 is 15.1 Å². The molecule has 19 heavy (non-hydrogen) atoms. The van der Waals surface area contributed by atoms with E-state index in [2.05, 4.69) is 52.0 Å². The molecule has 1 aromatic rings. The minimum Gasteiger partial charge on any atom is -0.370 e. The van der Waals surface area contributed by atoms with Gasteiger partial charge in [0.25, 0.3) is 0 Å². The molecule has 1 aliphatic rings. The number of aryl methyl sites for hydroxylation is 1. The molecular weight excluding hydrogens is 238 g/mol. The molecule has 0 unspecified atom stereocenters. The average Bonchev–Trinajstić information content (AvgIpc) is 2.63. The number of likely N-dealkylation sites (N-methyl/N-ethyl adjacent to an activating group) is 1. The average molecular weight is 263 g/mol. The van der Waals surface area contributed by atoms with Gasteiger partial charge in [0, 0.05) is 38.7 Å². The molecular formula is C14H25N5. The first-order valence-electron chi connectivity index (χ1n) is 7.28. The normalized spacial score (nSPS) is 17.3. The van der Waals surface area contributed by atoms with Crippen molar-refractivity contribution < 1.29 is 0 Å². The maximum atomic E-state index is 4.68. The topological polar surface area (TPSA) is 44.3 Å². The fourth-order valence-electron chi connectivity index (χ4n) is 2.35. The van der Waals surface area contributed by atoms with Gasteiger partial charge in [0.15, 0.2) is 0 Å². The molecule has 0 bridgehead atoms. The van der Waals surface area contributed by atoms with Crippen LogP contribution in [0.25, 0.3) is 0 Å². The maximum absolute atomic E-state index is 4.68. The minimum absolute atomic E-state index is 0.875. The van der Waals surface area contributed by atoms with Crippen molar-refractivity contribution in [3.05, 3.63) is 11.9 Å². The van der Waals surface area contributed by atoms with Crippen LogP contribution in [0.2, 0.25) is 0 Å². The zero-order valence-corrected chi connectivity index (χ0v) is 12.3. The van der Waals surface area contributed by atoms with E-state index >= 15 is 0 Å². The van der Waals surface area contributed by atoms with Crippen molar-refractivity contribution in [3.8, 4) is 0 Å². The van der Waals surface area contributed by atoms with E-state index in [9.17, 15) is 0 Å². The van der Waals surface area contributed by atoms with Crippen molar-refractivity contribution >= 4 is 11.6 Å². The summed E-state index contributed by atoms with van der Waals surface area (Å²) in [5.41, 5.74) is 0. The number of anilines is 2. The molecule has 0 saturated carbocycles. The molecule has 1 aromatic heterocycles. The number of rotatable bonds is 4. The van der Waals surface area contributed by atoms with E-state index in [1.807, 2.05) is 0 Å². The second-order valence-electron chi connectivity index (χ2n) is 5.06. The van der Waals surface area contributed by atoms with Crippen molar-refractivity contribution in [2.24, 2.45) is 0 Å². The summed E-state index contributed by atoms with van der Waals surface area (Å²) < 4.78 is 0. The lowest BCUT2D eigenvalue weighted by Crippen LogP contribution is -2.29. The van der Waals surface area contributed by atoms with Gasteiger partial charge in [-0.2, -0.15) is 0 Å². The van der Waals surface area contributed by atoms with Crippen molar-refractivity contribution in [3.63, 3.8) is 0 Å². The smallest absolute Gasteiger partial charge is 0.134 e. The minimum atomic E-state index is 0.875. The summed E-state index contributed by atoms with van der Waals surface area (Å²) in [6.45, 7) is 9.48. The van der Waals surface area contributed by atoms with Crippen LogP contribution in [0.5, 0.6) is 0 Å². The van der Waals surface area contributed by atoms with Gasteiger partial charge in [-0.15, -0.1) is 0 Å². The van der Waals surface area contributed by atoms with Crippen LogP contribution < -0.4 is 10.2 Å². The summed E-state index contributed by atoms with van der Waals surface area (Å²) in [6.07, 6.45) is 2.07. The van der Waals surface area contributed by atoms with Crippen LogP contribution in [0.15, 0.2) is 6.07 Å². The molecule has 5 heteroatoms. The van der Waals surface area contributed by atoms with Gasteiger partial charge in [-0.05, 0) is 26.9 Å². The van der Waals surface area contributed by atoms with E-state index < -0.39 is 0 Å². The molecule has 0 radical (unpaired) electrons. The lowest BCUT2D eigenvalue weighted by molar-refractivity contribution is 0.360. The molecule has 0 aliphatic carbocycles. The van der Waals surface area contributed by atoms with Crippen LogP contribution in [0, 0.1) is 0 Å². The standard InChI is InChI=1S/C14H25N5/c1-4-12-16-13(15-5-2)11-14(17-12)19-8-6-7-18(3)9-10-19/h11H,4-10H2,1-3H3,(H,15,16,17). The Kier molecular flexibility index (Phi) is 4.96. The molecule has 1 aliphatic heterocycles. The molecule has 106 valence electrons. The molecule has 1 saturated heterocycles. The predicted octanol–water partition coefficient (Wildman–Crippen LogP) is 1.61. The van der Waals surface area contributed by atoms with Crippen molar-refractivity contribution in [1.82, 2.24) is 14.9 Å². The molecule has 0 amide bonds. The second kappa shape index (κ2) is 6.70. The van der Waals surface area contributed by atoms with Crippen LogP contribution in [-0.2, 0) is 6.42 Å². The number of hydrogen-bond donors (Lipinski definition) is 1. The van der Waals surface area contributed by atoms with E-state index in [0.29, 0.717) is 0 Å². The number of nitrogens with one attached hydrogen (secondary N) is 1. The highest BCUT2D eigenvalue weighted by Crippen LogP contribution is 2.18. The van der Waals surface area contributed by atoms with Crippen LogP contribution in [0.3, 0.4) is 0 Å². The fourth-order valence-corrected chi connectivity index (χ4v) is 2.35. The SMILES string of the molecule is CCNc1cc(N2CCCN(C)CC2)nc(CC)n1. The molecule has 0 spiro atoms. The van der Waals surface area contributed by atoms with E-state index in [-0.39, 0.29) is 0 Å². The quantitative estimate of drug-likeness (QED) is 0.894. The maximum Gasteiger partial charge on any atom is 0.134 e. The highest BCUT2D eigenvalue weighted by molar-refractivity contribution is 5.49. The summed E-state index contributed by atoms with van der Waals surface area (Å²) in [6, 6.07) is 2.08. The van der Waals surface area contributed by atoms with Crippen molar-refractivity contribution in [2.45, 2.75) is 26.7 Å². The van der Waals surface area contributed by atoms with Crippen molar-refractivity contribution in [2.75, 3.05) is 50.0 Å². The van der Waals surface area contributed by atoms with E-state index in [1.54, 1.807) is 0 Å². The highest BCUT2D eigenvalue weighted by atomic mass is 15.2. The molecule has 2 rings (SSSR count). The highest BCUT2D eigenvalue weighted by Gasteiger charge is 2.15. The number of aromatic nitrogens is 2. The number of nitrogens with zero attached hydrogens (tertiary/aromatic N) is 4. The molecule has 0 atom stereocenters. The Morgan fingerprint density at radius 2 is 2.00 bits per heavy atom. The third-order valence-corrected chi connectivity index (χ3v) is 3.48. The molecule has 0 aromatic carbocycles. The zero-order valence-electron chi connectivity index (χ0n) is 12.3.